The maximum absolute atomic E-state index is 12.1. The fourth-order valence-electron chi connectivity index (χ4n) is 3.05. The molecule has 3 rings (SSSR count). The molecule has 2 aromatic carbocycles. The molecule has 5 nitrogen and oxygen atoms in total. The van der Waals surface area contributed by atoms with Crippen LogP contribution in [0.15, 0.2) is 60.7 Å². The van der Waals surface area contributed by atoms with E-state index >= 15 is 0 Å². The number of hydrogen-bond acceptors (Lipinski definition) is 2. The van der Waals surface area contributed by atoms with Gasteiger partial charge in [-0.1, -0.05) is 48.5 Å². The Bertz CT molecular complexity index is 703. The Hall–Kier alpha value is -2.82. The zero-order valence-electron chi connectivity index (χ0n) is 14.2. The molecule has 1 heterocycles. The topological polar surface area (TPSA) is 61.4 Å². The molecular weight excluding hydrogens is 314 g/mol. The molecule has 1 saturated heterocycles. The summed E-state index contributed by atoms with van der Waals surface area (Å²) in [5, 5.41) is 5.65. The van der Waals surface area contributed by atoms with E-state index in [1.807, 2.05) is 53.4 Å². The monoisotopic (exact) mass is 337 g/mol. The molecule has 1 atom stereocenters. The first kappa shape index (κ1) is 17.0. The number of carbonyl (C=O) groups is 2. The van der Waals surface area contributed by atoms with Crippen molar-refractivity contribution in [1.82, 2.24) is 10.2 Å². The third-order valence-electron chi connectivity index (χ3n) is 4.39. The number of amides is 3. The number of anilines is 1. The van der Waals surface area contributed by atoms with Gasteiger partial charge in [0, 0.05) is 37.7 Å². The third kappa shape index (κ3) is 5.08. The number of nitrogens with zero attached hydrogens (tertiary/aromatic N) is 1. The van der Waals surface area contributed by atoms with Crippen molar-refractivity contribution in [3.05, 3.63) is 66.2 Å². The van der Waals surface area contributed by atoms with Gasteiger partial charge in [0.15, 0.2) is 0 Å². The molecule has 0 aromatic heterocycles. The molecule has 1 aliphatic rings. The average Bonchev–Trinajstić information content (AvgIpc) is 3.00. The van der Waals surface area contributed by atoms with Crippen LogP contribution in [0.5, 0.6) is 0 Å². The second-order valence-corrected chi connectivity index (χ2v) is 6.35. The van der Waals surface area contributed by atoms with Crippen LogP contribution in [0.1, 0.15) is 12.0 Å². The zero-order valence-corrected chi connectivity index (χ0v) is 14.2. The van der Waals surface area contributed by atoms with Crippen LogP contribution < -0.4 is 10.6 Å². The lowest BCUT2D eigenvalue weighted by molar-refractivity contribution is -0.127. The molecule has 5 heteroatoms. The maximum Gasteiger partial charge on any atom is 0.319 e. The van der Waals surface area contributed by atoms with E-state index in [4.69, 9.17) is 0 Å². The smallest absolute Gasteiger partial charge is 0.319 e. The summed E-state index contributed by atoms with van der Waals surface area (Å²) in [6.45, 7) is 1.94. The fourth-order valence-corrected chi connectivity index (χ4v) is 3.05. The molecule has 0 radical (unpaired) electrons. The van der Waals surface area contributed by atoms with Gasteiger partial charge in [-0.3, -0.25) is 4.79 Å². The SMILES string of the molecule is O=C(NCC1CC(=O)N(CCc2ccccc2)C1)Nc1ccccc1. The van der Waals surface area contributed by atoms with Gasteiger partial charge in [-0.2, -0.15) is 0 Å². The van der Waals surface area contributed by atoms with Gasteiger partial charge >= 0.3 is 6.03 Å². The fraction of sp³-hybridized carbons (Fsp3) is 0.300. The number of likely N-dealkylation sites (tertiary alicyclic amines) is 1. The van der Waals surface area contributed by atoms with Crippen molar-refractivity contribution < 1.29 is 9.59 Å². The van der Waals surface area contributed by atoms with E-state index in [1.165, 1.54) is 5.56 Å². The summed E-state index contributed by atoms with van der Waals surface area (Å²) in [4.78, 5) is 26.0. The van der Waals surface area contributed by atoms with Gasteiger partial charge in [-0.25, -0.2) is 4.79 Å². The standard InChI is InChI=1S/C20H23N3O2/c24-19-13-17(14-21-20(25)22-18-9-5-2-6-10-18)15-23(19)12-11-16-7-3-1-4-8-16/h1-10,17H,11-15H2,(H2,21,22,25). The number of rotatable bonds is 6. The minimum absolute atomic E-state index is 0.171. The van der Waals surface area contributed by atoms with Crippen LogP contribution in [-0.2, 0) is 11.2 Å². The normalized spacial score (nSPS) is 16.7. The Morgan fingerprint density at radius 3 is 2.44 bits per heavy atom. The van der Waals surface area contributed by atoms with E-state index in [0.717, 1.165) is 18.7 Å². The summed E-state index contributed by atoms with van der Waals surface area (Å²) in [6, 6.07) is 19.3. The number of nitrogens with one attached hydrogen (secondary N) is 2. The van der Waals surface area contributed by atoms with Crippen LogP contribution >= 0.6 is 0 Å². The van der Waals surface area contributed by atoms with E-state index in [9.17, 15) is 9.59 Å². The van der Waals surface area contributed by atoms with E-state index in [2.05, 4.69) is 22.8 Å². The van der Waals surface area contributed by atoms with Crippen molar-refractivity contribution in [3.8, 4) is 0 Å². The molecule has 2 aromatic rings. The first-order chi connectivity index (χ1) is 12.2. The van der Waals surface area contributed by atoms with Crippen molar-refractivity contribution in [2.45, 2.75) is 12.8 Å². The van der Waals surface area contributed by atoms with Crippen LogP contribution in [0, 0.1) is 5.92 Å². The van der Waals surface area contributed by atoms with Gasteiger partial charge in [0.2, 0.25) is 5.91 Å². The van der Waals surface area contributed by atoms with Crippen molar-refractivity contribution in [3.63, 3.8) is 0 Å². The molecule has 3 amide bonds. The van der Waals surface area contributed by atoms with E-state index in [1.54, 1.807) is 0 Å². The summed E-state index contributed by atoms with van der Waals surface area (Å²) in [5.41, 5.74) is 1.99. The number of urea groups is 1. The van der Waals surface area contributed by atoms with Crippen LogP contribution in [0.4, 0.5) is 10.5 Å². The Labute approximate surface area is 148 Å². The minimum atomic E-state index is -0.235. The molecule has 0 bridgehead atoms. The highest BCUT2D eigenvalue weighted by Crippen LogP contribution is 2.17. The van der Waals surface area contributed by atoms with Crippen LogP contribution in [0.25, 0.3) is 0 Å². The quantitative estimate of drug-likeness (QED) is 0.851. The first-order valence-corrected chi connectivity index (χ1v) is 8.62. The van der Waals surface area contributed by atoms with Crippen LogP contribution in [0.3, 0.4) is 0 Å². The van der Waals surface area contributed by atoms with E-state index in [-0.39, 0.29) is 17.9 Å². The van der Waals surface area contributed by atoms with E-state index < -0.39 is 0 Å². The van der Waals surface area contributed by atoms with Crippen molar-refractivity contribution >= 4 is 17.6 Å². The number of para-hydroxylation sites is 1. The molecule has 25 heavy (non-hydrogen) atoms. The predicted octanol–water partition coefficient (Wildman–Crippen LogP) is 2.90. The van der Waals surface area contributed by atoms with Gasteiger partial charge in [-0.15, -0.1) is 0 Å². The third-order valence-corrected chi connectivity index (χ3v) is 4.39. The molecule has 0 spiro atoms. The highest BCUT2D eigenvalue weighted by atomic mass is 16.2. The van der Waals surface area contributed by atoms with Gasteiger partial charge < -0.3 is 15.5 Å². The van der Waals surface area contributed by atoms with Crippen molar-refractivity contribution in [2.75, 3.05) is 25.0 Å². The van der Waals surface area contributed by atoms with Gasteiger partial charge in [0.25, 0.3) is 0 Å². The van der Waals surface area contributed by atoms with Gasteiger partial charge in [0.05, 0.1) is 0 Å². The molecule has 1 unspecified atom stereocenters. The number of hydrogen-bond donors (Lipinski definition) is 2. The Balaban J connectivity index is 1.41. The predicted molar refractivity (Wildman–Crippen MR) is 98.3 cm³/mol. The zero-order chi connectivity index (χ0) is 17.5. The van der Waals surface area contributed by atoms with E-state index in [0.29, 0.717) is 19.5 Å². The summed E-state index contributed by atoms with van der Waals surface area (Å²) in [6.07, 6.45) is 1.36. The second-order valence-electron chi connectivity index (χ2n) is 6.35. The lowest BCUT2D eigenvalue weighted by Crippen LogP contribution is -2.34. The average molecular weight is 337 g/mol. The van der Waals surface area contributed by atoms with Crippen molar-refractivity contribution in [2.24, 2.45) is 5.92 Å². The number of benzene rings is 2. The molecule has 1 fully saturated rings. The second kappa shape index (κ2) is 8.33. The lowest BCUT2D eigenvalue weighted by Gasteiger charge is -2.17. The lowest BCUT2D eigenvalue weighted by atomic mass is 10.1. The number of carbonyl (C=O) groups excluding carboxylic acids is 2. The minimum Gasteiger partial charge on any atom is -0.342 e. The molecule has 0 saturated carbocycles. The molecule has 0 aliphatic carbocycles. The van der Waals surface area contributed by atoms with Crippen LogP contribution in [0.2, 0.25) is 0 Å². The first-order valence-electron chi connectivity index (χ1n) is 8.62. The highest BCUT2D eigenvalue weighted by Gasteiger charge is 2.29. The summed E-state index contributed by atoms with van der Waals surface area (Å²) >= 11 is 0. The molecule has 1 aliphatic heterocycles. The summed E-state index contributed by atoms with van der Waals surface area (Å²) < 4.78 is 0. The molecule has 2 N–H and O–H groups in total. The van der Waals surface area contributed by atoms with Crippen molar-refractivity contribution in [1.29, 1.82) is 0 Å². The summed E-state index contributed by atoms with van der Waals surface area (Å²) in [5.74, 6) is 0.344. The van der Waals surface area contributed by atoms with Crippen LogP contribution in [-0.4, -0.2) is 36.5 Å². The Morgan fingerprint density at radius 2 is 1.72 bits per heavy atom. The van der Waals surface area contributed by atoms with Gasteiger partial charge in [0.1, 0.15) is 0 Å². The Morgan fingerprint density at radius 1 is 1.04 bits per heavy atom. The molecule has 130 valence electrons. The maximum atomic E-state index is 12.1. The Kier molecular flexibility index (Phi) is 5.67. The summed E-state index contributed by atoms with van der Waals surface area (Å²) in [7, 11) is 0. The largest absolute Gasteiger partial charge is 0.342 e. The van der Waals surface area contributed by atoms with Gasteiger partial charge in [-0.05, 0) is 24.1 Å². The highest BCUT2D eigenvalue weighted by molar-refractivity contribution is 5.89. The molecular formula is C20H23N3O2.